The number of hydrazone groups is 1. The standard InChI is InChI=1S/C16H13N3O3S2/c20-12-6-5-10(7-13(12)21)8-17-19-15(22)9-23-16-18-11-3-1-2-4-14(11)24-16/h1-8,20-21H,9H2,(H,19,22)/b17-8-. The molecule has 0 aliphatic carbocycles. The quantitative estimate of drug-likeness (QED) is 0.282. The van der Waals surface area contributed by atoms with Crippen LogP contribution in [0.25, 0.3) is 10.2 Å². The van der Waals surface area contributed by atoms with Gasteiger partial charge in [-0.25, -0.2) is 10.4 Å². The van der Waals surface area contributed by atoms with Gasteiger partial charge in [-0.05, 0) is 35.9 Å². The zero-order chi connectivity index (χ0) is 16.9. The molecule has 1 amide bonds. The van der Waals surface area contributed by atoms with Gasteiger partial charge in [-0.2, -0.15) is 5.10 Å². The molecule has 3 aromatic rings. The fourth-order valence-corrected chi connectivity index (χ4v) is 3.73. The molecule has 122 valence electrons. The molecular formula is C16H13N3O3S2. The Morgan fingerprint density at radius 3 is 2.88 bits per heavy atom. The lowest BCUT2D eigenvalue weighted by atomic mass is 10.2. The van der Waals surface area contributed by atoms with Gasteiger partial charge in [0, 0.05) is 0 Å². The molecule has 0 atom stereocenters. The van der Waals surface area contributed by atoms with E-state index in [1.807, 2.05) is 24.3 Å². The summed E-state index contributed by atoms with van der Waals surface area (Å²) >= 11 is 2.90. The second-order valence-corrected chi connectivity index (χ2v) is 7.03. The molecular weight excluding hydrogens is 346 g/mol. The van der Waals surface area contributed by atoms with Gasteiger partial charge in [0.15, 0.2) is 15.8 Å². The average Bonchev–Trinajstić information content (AvgIpc) is 2.99. The number of aromatic nitrogens is 1. The first-order valence-electron chi connectivity index (χ1n) is 6.94. The number of thioether (sulfide) groups is 1. The van der Waals surface area contributed by atoms with E-state index in [0.717, 1.165) is 14.6 Å². The van der Waals surface area contributed by atoms with Crippen molar-refractivity contribution in [2.45, 2.75) is 4.34 Å². The van der Waals surface area contributed by atoms with Crippen LogP contribution in [0.2, 0.25) is 0 Å². The highest BCUT2D eigenvalue weighted by Crippen LogP contribution is 2.29. The highest BCUT2D eigenvalue weighted by Gasteiger charge is 2.07. The number of amides is 1. The highest BCUT2D eigenvalue weighted by molar-refractivity contribution is 8.01. The van der Waals surface area contributed by atoms with E-state index in [-0.39, 0.29) is 23.2 Å². The van der Waals surface area contributed by atoms with E-state index in [9.17, 15) is 15.0 Å². The van der Waals surface area contributed by atoms with Gasteiger partial charge >= 0.3 is 0 Å². The van der Waals surface area contributed by atoms with E-state index in [1.54, 1.807) is 17.4 Å². The lowest BCUT2D eigenvalue weighted by Gasteiger charge is -1.99. The summed E-state index contributed by atoms with van der Waals surface area (Å²) in [5, 5.41) is 22.4. The van der Waals surface area contributed by atoms with E-state index in [1.165, 1.54) is 30.1 Å². The van der Waals surface area contributed by atoms with Gasteiger partial charge in [0.05, 0.1) is 22.2 Å². The Bertz CT molecular complexity index is 875. The van der Waals surface area contributed by atoms with Crippen molar-refractivity contribution in [1.82, 2.24) is 10.4 Å². The largest absolute Gasteiger partial charge is 0.504 e. The van der Waals surface area contributed by atoms with Crippen molar-refractivity contribution in [3.8, 4) is 11.5 Å². The molecule has 0 radical (unpaired) electrons. The Morgan fingerprint density at radius 2 is 2.08 bits per heavy atom. The van der Waals surface area contributed by atoms with Crippen molar-refractivity contribution < 1.29 is 15.0 Å². The number of benzene rings is 2. The van der Waals surface area contributed by atoms with Gasteiger partial charge in [-0.15, -0.1) is 11.3 Å². The zero-order valence-electron chi connectivity index (χ0n) is 12.3. The summed E-state index contributed by atoms with van der Waals surface area (Å²) in [7, 11) is 0. The van der Waals surface area contributed by atoms with Crippen LogP contribution in [0.3, 0.4) is 0 Å². The number of aromatic hydroxyl groups is 2. The molecule has 0 bridgehead atoms. The lowest BCUT2D eigenvalue weighted by Crippen LogP contribution is -2.19. The molecule has 6 nitrogen and oxygen atoms in total. The molecule has 0 saturated heterocycles. The van der Waals surface area contributed by atoms with Gasteiger partial charge in [-0.3, -0.25) is 4.79 Å². The van der Waals surface area contributed by atoms with Crippen LogP contribution in [0.5, 0.6) is 11.5 Å². The molecule has 24 heavy (non-hydrogen) atoms. The van der Waals surface area contributed by atoms with Crippen molar-refractivity contribution in [3.63, 3.8) is 0 Å². The number of phenols is 2. The fraction of sp³-hybridized carbons (Fsp3) is 0.0625. The van der Waals surface area contributed by atoms with Crippen molar-refractivity contribution in [1.29, 1.82) is 0 Å². The first kappa shape index (κ1) is 16.3. The van der Waals surface area contributed by atoms with E-state index in [2.05, 4.69) is 15.5 Å². The lowest BCUT2D eigenvalue weighted by molar-refractivity contribution is -0.118. The smallest absolute Gasteiger partial charge is 0.250 e. The highest BCUT2D eigenvalue weighted by atomic mass is 32.2. The summed E-state index contributed by atoms with van der Waals surface area (Å²) in [5.41, 5.74) is 3.90. The van der Waals surface area contributed by atoms with Crippen LogP contribution in [0.1, 0.15) is 5.56 Å². The van der Waals surface area contributed by atoms with Crippen LogP contribution in [-0.4, -0.2) is 33.1 Å². The maximum atomic E-state index is 11.8. The molecule has 8 heteroatoms. The number of thiazole rings is 1. The summed E-state index contributed by atoms with van der Waals surface area (Å²) in [4.78, 5) is 16.2. The Labute approximate surface area is 145 Å². The zero-order valence-corrected chi connectivity index (χ0v) is 14.0. The van der Waals surface area contributed by atoms with Crippen LogP contribution < -0.4 is 5.43 Å². The van der Waals surface area contributed by atoms with Crippen molar-refractivity contribution in [2.24, 2.45) is 5.10 Å². The molecule has 0 aliphatic rings. The molecule has 0 fully saturated rings. The minimum atomic E-state index is -0.251. The topological polar surface area (TPSA) is 94.8 Å². The number of nitrogens with zero attached hydrogens (tertiary/aromatic N) is 2. The molecule has 0 aliphatic heterocycles. The normalized spacial score (nSPS) is 11.2. The molecule has 0 unspecified atom stereocenters. The Morgan fingerprint density at radius 1 is 1.25 bits per heavy atom. The third-order valence-electron chi connectivity index (χ3n) is 3.00. The maximum absolute atomic E-state index is 11.8. The first-order valence-corrected chi connectivity index (χ1v) is 8.74. The third-order valence-corrected chi connectivity index (χ3v) is 5.18. The number of para-hydroxylation sites is 1. The van der Waals surface area contributed by atoms with Gasteiger partial charge < -0.3 is 10.2 Å². The van der Waals surface area contributed by atoms with Crippen LogP contribution in [0.4, 0.5) is 0 Å². The predicted octanol–water partition coefficient (Wildman–Crippen LogP) is 2.95. The predicted molar refractivity (Wildman–Crippen MR) is 95.9 cm³/mol. The van der Waals surface area contributed by atoms with Crippen LogP contribution in [0.15, 0.2) is 51.9 Å². The van der Waals surface area contributed by atoms with E-state index < -0.39 is 0 Å². The molecule has 3 N–H and O–H groups in total. The number of hydrogen-bond donors (Lipinski definition) is 3. The first-order chi connectivity index (χ1) is 11.6. The number of nitrogens with one attached hydrogen (secondary N) is 1. The Balaban J connectivity index is 1.51. The van der Waals surface area contributed by atoms with Crippen LogP contribution >= 0.6 is 23.1 Å². The summed E-state index contributed by atoms with van der Waals surface area (Å²) in [6.07, 6.45) is 1.39. The molecule has 0 saturated carbocycles. The minimum absolute atomic E-state index is 0.205. The van der Waals surface area contributed by atoms with Crippen LogP contribution in [0, 0.1) is 0 Å². The molecule has 1 heterocycles. The van der Waals surface area contributed by atoms with Crippen molar-refractivity contribution in [3.05, 3.63) is 48.0 Å². The van der Waals surface area contributed by atoms with Gasteiger partial charge in [-0.1, -0.05) is 23.9 Å². The Kier molecular flexibility index (Phi) is 4.97. The number of rotatable bonds is 5. The van der Waals surface area contributed by atoms with E-state index in [4.69, 9.17) is 0 Å². The third kappa shape index (κ3) is 4.03. The van der Waals surface area contributed by atoms with Crippen molar-refractivity contribution >= 4 is 45.4 Å². The van der Waals surface area contributed by atoms with Crippen molar-refractivity contribution in [2.75, 3.05) is 5.75 Å². The SMILES string of the molecule is O=C(CSc1nc2ccccc2s1)N/N=C\c1ccc(O)c(O)c1. The summed E-state index contributed by atoms with van der Waals surface area (Å²) in [6.45, 7) is 0. The van der Waals surface area contributed by atoms with Gasteiger partial charge in [0.2, 0.25) is 0 Å². The maximum Gasteiger partial charge on any atom is 0.250 e. The molecule has 2 aromatic carbocycles. The van der Waals surface area contributed by atoms with Gasteiger partial charge in [0.1, 0.15) is 0 Å². The number of fused-ring (bicyclic) bond motifs is 1. The molecule has 3 rings (SSSR count). The number of phenolic OH excluding ortho intramolecular Hbond substituents is 2. The van der Waals surface area contributed by atoms with E-state index in [0.29, 0.717) is 5.56 Å². The van der Waals surface area contributed by atoms with Gasteiger partial charge in [0.25, 0.3) is 5.91 Å². The van der Waals surface area contributed by atoms with E-state index >= 15 is 0 Å². The summed E-state index contributed by atoms with van der Waals surface area (Å²) in [5.74, 6) is -0.489. The Hall–Kier alpha value is -2.58. The van der Waals surface area contributed by atoms with Crippen LogP contribution in [-0.2, 0) is 4.79 Å². The monoisotopic (exact) mass is 359 g/mol. The fourth-order valence-electron chi connectivity index (χ4n) is 1.87. The summed E-state index contributed by atoms with van der Waals surface area (Å²) < 4.78 is 1.92. The number of carbonyl (C=O) groups is 1. The number of carbonyl (C=O) groups excluding carboxylic acids is 1. The average molecular weight is 359 g/mol. The number of hydrogen-bond acceptors (Lipinski definition) is 7. The second-order valence-electron chi connectivity index (χ2n) is 4.78. The molecule has 1 aromatic heterocycles. The summed E-state index contributed by atoms with van der Waals surface area (Å²) in [6, 6.07) is 12.1. The second kappa shape index (κ2) is 7.33. The molecule has 0 spiro atoms. The minimum Gasteiger partial charge on any atom is -0.504 e.